The van der Waals surface area contributed by atoms with E-state index < -0.39 is 41.1 Å². The van der Waals surface area contributed by atoms with E-state index in [1.54, 1.807) is 6.07 Å². The van der Waals surface area contributed by atoms with Crippen LogP contribution in [0.2, 0.25) is 0 Å². The van der Waals surface area contributed by atoms with Crippen molar-refractivity contribution in [3.05, 3.63) is 76.9 Å². The van der Waals surface area contributed by atoms with E-state index in [-0.39, 0.29) is 5.69 Å². The summed E-state index contributed by atoms with van der Waals surface area (Å²) in [6.45, 7) is 0. The fourth-order valence-electron chi connectivity index (χ4n) is 2.94. The van der Waals surface area contributed by atoms with Crippen LogP contribution in [-0.4, -0.2) is 9.97 Å². The summed E-state index contributed by atoms with van der Waals surface area (Å²) in [4.78, 5) is 7.14. The average Bonchev–Trinajstić information content (AvgIpc) is 3.01. The molecule has 0 saturated heterocycles. The van der Waals surface area contributed by atoms with Crippen LogP contribution in [0.15, 0.2) is 36.5 Å². The molecular weight excluding hydrogens is 339 g/mol. The quantitative estimate of drug-likeness (QED) is 0.308. The maximum Gasteiger partial charge on any atom is 0.200 e. The van der Waals surface area contributed by atoms with Crippen LogP contribution in [0.3, 0.4) is 0 Å². The smallest absolute Gasteiger partial charge is 0.200 e. The molecule has 2 nitrogen and oxygen atoms in total. The average molecular weight is 348 g/mol. The van der Waals surface area contributed by atoms with E-state index in [1.165, 1.54) is 6.20 Å². The lowest BCUT2D eigenvalue weighted by molar-refractivity contribution is 0.371. The maximum absolute atomic E-state index is 13.9. The van der Waals surface area contributed by atoms with Crippen LogP contribution in [0.25, 0.3) is 21.8 Å². The van der Waals surface area contributed by atoms with Crippen LogP contribution in [0.4, 0.5) is 22.0 Å². The van der Waals surface area contributed by atoms with Crippen molar-refractivity contribution in [2.75, 3.05) is 0 Å². The predicted octanol–water partition coefficient (Wildman–Crippen LogP) is 5.00. The number of pyridine rings is 1. The lowest BCUT2D eigenvalue weighted by Gasteiger charge is -2.08. The summed E-state index contributed by atoms with van der Waals surface area (Å²) in [5, 5.41) is 1.63. The van der Waals surface area contributed by atoms with Crippen molar-refractivity contribution in [2.24, 2.45) is 0 Å². The van der Waals surface area contributed by atoms with Crippen LogP contribution >= 0.6 is 0 Å². The molecule has 25 heavy (non-hydrogen) atoms. The van der Waals surface area contributed by atoms with Gasteiger partial charge in [-0.3, -0.25) is 4.98 Å². The van der Waals surface area contributed by atoms with Gasteiger partial charge in [0.1, 0.15) is 0 Å². The minimum absolute atomic E-state index is 0.192. The highest BCUT2D eigenvalue weighted by molar-refractivity contribution is 6.07. The van der Waals surface area contributed by atoms with Crippen molar-refractivity contribution < 1.29 is 22.0 Å². The number of benzene rings is 2. The lowest BCUT2D eigenvalue weighted by Crippen LogP contribution is -2.08. The van der Waals surface area contributed by atoms with E-state index >= 15 is 0 Å². The molecule has 0 aliphatic carbocycles. The zero-order valence-electron chi connectivity index (χ0n) is 12.5. The fraction of sp³-hybridized carbons (Fsp3) is 0.0556. The first-order valence-corrected chi connectivity index (χ1v) is 7.33. The maximum atomic E-state index is 13.9. The minimum atomic E-state index is -2.17. The molecule has 0 bridgehead atoms. The number of fused-ring (bicyclic) bond motifs is 3. The van der Waals surface area contributed by atoms with Crippen molar-refractivity contribution >= 4 is 21.8 Å². The first-order chi connectivity index (χ1) is 12.0. The molecule has 0 atom stereocenters. The topological polar surface area (TPSA) is 28.7 Å². The van der Waals surface area contributed by atoms with E-state index in [4.69, 9.17) is 0 Å². The van der Waals surface area contributed by atoms with Gasteiger partial charge in [-0.2, -0.15) is 0 Å². The van der Waals surface area contributed by atoms with E-state index in [9.17, 15) is 22.0 Å². The van der Waals surface area contributed by atoms with Gasteiger partial charge >= 0.3 is 0 Å². The molecule has 2 aromatic heterocycles. The molecular formula is C18H9F5N2. The second-order valence-electron chi connectivity index (χ2n) is 5.58. The van der Waals surface area contributed by atoms with Gasteiger partial charge in [-0.05, 0) is 12.1 Å². The Morgan fingerprint density at radius 3 is 2.12 bits per heavy atom. The number of H-pyrrole nitrogens is 1. The van der Waals surface area contributed by atoms with E-state index in [1.807, 2.05) is 24.3 Å². The second-order valence-corrected chi connectivity index (χ2v) is 5.58. The van der Waals surface area contributed by atoms with Gasteiger partial charge in [-0.25, -0.2) is 22.0 Å². The molecule has 0 fully saturated rings. The van der Waals surface area contributed by atoms with Crippen LogP contribution in [0.1, 0.15) is 11.3 Å². The summed E-state index contributed by atoms with van der Waals surface area (Å²) in [6.07, 6.45) is 0.903. The third-order valence-corrected chi connectivity index (χ3v) is 4.15. The standard InChI is InChI=1S/C18H9F5N2/c19-13-10(14(20)16(22)17(23)15(13)21)7-12-18-9(5-6-24-12)8-3-1-2-4-11(8)25-18/h1-6,25H,7H2. The van der Waals surface area contributed by atoms with Crippen molar-refractivity contribution in [3.8, 4) is 0 Å². The van der Waals surface area contributed by atoms with Gasteiger partial charge in [0.2, 0.25) is 5.82 Å². The summed E-state index contributed by atoms with van der Waals surface area (Å²) in [6, 6.07) is 9.04. The zero-order chi connectivity index (χ0) is 17.7. The molecule has 0 aliphatic rings. The molecule has 2 aromatic carbocycles. The number of para-hydroxylation sites is 1. The first-order valence-electron chi connectivity index (χ1n) is 7.33. The highest BCUT2D eigenvalue weighted by atomic mass is 19.2. The fourth-order valence-corrected chi connectivity index (χ4v) is 2.94. The van der Waals surface area contributed by atoms with Crippen LogP contribution in [0.5, 0.6) is 0 Å². The molecule has 0 radical (unpaired) electrons. The third kappa shape index (κ3) is 2.26. The van der Waals surface area contributed by atoms with Gasteiger partial charge < -0.3 is 4.98 Å². The van der Waals surface area contributed by atoms with E-state index in [2.05, 4.69) is 9.97 Å². The van der Waals surface area contributed by atoms with Gasteiger partial charge in [0.05, 0.1) is 11.2 Å². The van der Waals surface area contributed by atoms with E-state index in [0.717, 1.165) is 16.3 Å². The summed E-state index contributed by atoms with van der Waals surface area (Å²) < 4.78 is 67.8. The van der Waals surface area contributed by atoms with Crippen LogP contribution in [-0.2, 0) is 6.42 Å². The monoisotopic (exact) mass is 348 g/mol. The molecule has 0 spiro atoms. The van der Waals surface area contributed by atoms with Gasteiger partial charge in [-0.15, -0.1) is 0 Å². The zero-order valence-corrected chi connectivity index (χ0v) is 12.5. The van der Waals surface area contributed by atoms with Crippen molar-refractivity contribution in [3.63, 3.8) is 0 Å². The molecule has 126 valence electrons. The number of nitrogens with zero attached hydrogens (tertiary/aromatic N) is 1. The Hall–Kier alpha value is -2.96. The largest absolute Gasteiger partial charge is 0.353 e. The highest BCUT2D eigenvalue weighted by Gasteiger charge is 2.26. The SMILES string of the molecule is Fc1c(F)c(F)c(Cc2nccc3c2[nH]c2ccccc23)c(F)c1F. The Morgan fingerprint density at radius 1 is 0.760 bits per heavy atom. The molecule has 4 aromatic rings. The number of nitrogens with one attached hydrogen (secondary N) is 1. The predicted molar refractivity (Wildman–Crippen MR) is 82.6 cm³/mol. The Balaban J connectivity index is 1.93. The first kappa shape index (κ1) is 15.6. The van der Waals surface area contributed by atoms with Crippen molar-refractivity contribution in [1.29, 1.82) is 0 Å². The molecule has 0 unspecified atom stereocenters. The van der Waals surface area contributed by atoms with Gasteiger partial charge in [0.25, 0.3) is 0 Å². The number of aromatic amines is 1. The highest BCUT2D eigenvalue weighted by Crippen LogP contribution is 2.30. The second kappa shape index (κ2) is 5.54. The van der Waals surface area contributed by atoms with Crippen molar-refractivity contribution in [2.45, 2.75) is 6.42 Å². The molecule has 1 N–H and O–H groups in total. The number of halogens is 5. The van der Waals surface area contributed by atoms with Crippen LogP contribution in [0, 0.1) is 29.1 Å². The summed E-state index contributed by atoms with van der Waals surface area (Å²) in [5.41, 5.74) is 0.559. The van der Waals surface area contributed by atoms with Crippen LogP contribution < -0.4 is 0 Å². The Morgan fingerprint density at radius 2 is 1.40 bits per heavy atom. The number of rotatable bonds is 2. The molecule has 4 rings (SSSR count). The Labute approximate surface area is 137 Å². The molecule has 0 amide bonds. The lowest BCUT2D eigenvalue weighted by atomic mass is 10.0. The van der Waals surface area contributed by atoms with Gasteiger partial charge in [-0.1, -0.05) is 18.2 Å². The summed E-state index contributed by atoms with van der Waals surface area (Å²) in [5.74, 6) is -9.77. The minimum Gasteiger partial charge on any atom is -0.353 e. The van der Waals surface area contributed by atoms with E-state index in [0.29, 0.717) is 5.52 Å². The Kier molecular flexibility index (Phi) is 3.45. The van der Waals surface area contributed by atoms with Gasteiger partial charge in [0.15, 0.2) is 23.3 Å². The number of aromatic nitrogens is 2. The normalized spacial score (nSPS) is 11.6. The number of hydrogen-bond acceptors (Lipinski definition) is 1. The molecule has 7 heteroatoms. The summed E-state index contributed by atoms with van der Waals surface area (Å²) >= 11 is 0. The van der Waals surface area contributed by atoms with Crippen molar-refractivity contribution in [1.82, 2.24) is 9.97 Å². The van der Waals surface area contributed by atoms with Gasteiger partial charge in [0, 0.05) is 34.5 Å². The molecule has 2 heterocycles. The third-order valence-electron chi connectivity index (χ3n) is 4.15. The summed E-state index contributed by atoms with van der Waals surface area (Å²) in [7, 11) is 0. The molecule has 0 saturated carbocycles. The molecule has 0 aliphatic heterocycles. The Bertz CT molecular complexity index is 1100. The number of hydrogen-bond donors (Lipinski definition) is 1.